The van der Waals surface area contributed by atoms with E-state index in [1.54, 1.807) is 0 Å². The standard InChI is InChI=1S/C17H17NO2/c19-11-14-5-3-4-13(8-14)9-18-10-15-12-20-17-7-2-1-6-16(15)17/h1-8,12,18-19H,9-11H2. The van der Waals surface area contributed by atoms with Gasteiger partial charge in [0.2, 0.25) is 0 Å². The van der Waals surface area contributed by atoms with E-state index < -0.39 is 0 Å². The van der Waals surface area contributed by atoms with Crippen molar-refractivity contribution in [2.24, 2.45) is 0 Å². The molecule has 0 bridgehead atoms. The maximum absolute atomic E-state index is 9.12. The molecule has 2 N–H and O–H groups in total. The van der Waals surface area contributed by atoms with E-state index in [2.05, 4.69) is 17.4 Å². The molecule has 0 aliphatic rings. The van der Waals surface area contributed by atoms with E-state index in [1.165, 1.54) is 11.1 Å². The van der Waals surface area contributed by atoms with E-state index in [1.807, 2.05) is 42.7 Å². The summed E-state index contributed by atoms with van der Waals surface area (Å²) in [5.74, 6) is 0. The van der Waals surface area contributed by atoms with E-state index in [4.69, 9.17) is 9.52 Å². The summed E-state index contributed by atoms with van der Waals surface area (Å²) in [5.41, 5.74) is 4.20. The van der Waals surface area contributed by atoms with E-state index in [0.717, 1.165) is 29.6 Å². The summed E-state index contributed by atoms with van der Waals surface area (Å²) >= 11 is 0. The predicted molar refractivity (Wildman–Crippen MR) is 79.1 cm³/mol. The number of aliphatic hydroxyl groups excluding tert-OH is 1. The van der Waals surface area contributed by atoms with Crippen LogP contribution >= 0.6 is 0 Å². The van der Waals surface area contributed by atoms with Crippen LogP contribution in [0.3, 0.4) is 0 Å². The number of fused-ring (bicyclic) bond motifs is 1. The normalized spacial score (nSPS) is 11.1. The van der Waals surface area contributed by atoms with Crippen LogP contribution in [0, 0.1) is 0 Å². The third kappa shape index (κ3) is 2.74. The van der Waals surface area contributed by atoms with Crippen molar-refractivity contribution in [1.82, 2.24) is 5.32 Å². The molecule has 0 amide bonds. The first-order chi connectivity index (χ1) is 9.86. The fourth-order valence-corrected chi connectivity index (χ4v) is 2.35. The number of hydrogen-bond donors (Lipinski definition) is 2. The molecule has 3 nitrogen and oxygen atoms in total. The zero-order valence-electron chi connectivity index (χ0n) is 11.2. The first-order valence-electron chi connectivity index (χ1n) is 6.71. The van der Waals surface area contributed by atoms with Gasteiger partial charge in [0, 0.05) is 24.0 Å². The number of nitrogens with one attached hydrogen (secondary N) is 1. The highest BCUT2D eigenvalue weighted by Crippen LogP contribution is 2.20. The second kappa shape index (κ2) is 5.90. The average molecular weight is 267 g/mol. The van der Waals surface area contributed by atoms with Crippen LogP contribution in [0.5, 0.6) is 0 Å². The van der Waals surface area contributed by atoms with Gasteiger partial charge in [-0.15, -0.1) is 0 Å². The largest absolute Gasteiger partial charge is 0.464 e. The lowest BCUT2D eigenvalue weighted by Gasteiger charge is -2.05. The van der Waals surface area contributed by atoms with Crippen molar-refractivity contribution in [2.75, 3.05) is 0 Å². The van der Waals surface area contributed by atoms with Crippen LogP contribution in [-0.2, 0) is 19.7 Å². The van der Waals surface area contributed by atoms with Gasteiger partial charge >= 0.3 is 0 Å². The maximum Gasteiger partial charge on any atom is 0.134 e. The molecule has 0 fully saturated rings. The number of benzene rings is 2. The summed E-state index contributed by atoms with van der Waals surface area (Å²) in [6.45, 7) is 1.62. The molecule has 1 aromatic heterocycles. The lowest BCUT2D eigenvalue weighted by Crippen LogP contribution is -2.12. The second-order valence-corrected chi connectivity index (χ2v) is 4.84. The molecule has 0 unspecified atom stereocenters. The van der Waals surface area contributed by atoms with Gasteiger partial charge in [-0.2, -0.15) is 0 Å². The minimum atomic E-state index is 0.0835. The van der Waals surface area contributed by atoms with Crippen LogP contribution in [0.15, 0.2) is 59.2 Å². The highest BCUT2D eigenvalue weighted by Gasteiger charge is 2.04. The summed E-state index contributed by atoms with van der Waals surface area (Å²) in [4.78, 5) is 0. The molecule has 102 valence electrons. The fraction of sp³-hybridized carbons (Fsp3) is 0.176. The summed E-state index contributed by atoms with van der Waals surface area (Å²) in [6, 6.07) is 16.0. The minimum absolute atomic E-state index is 0.0835. The van der Waals surface area contributed by atoms with E-state index >= 15 is 0 Å². The molecular formula is C17H17NO2. The molecule has 3 aromatic rings. The Morgan fingerprint density at radius 1 is 0.950 bits per heavy atom. The Labute approximate surface area is 117 Å². The van der Waals surface area contributed by atoms with Gasteiger partial charge in [0.1, 0.15) is 5.58 Å². The van der Waals surface area contributed by atoms with Crippen molar-refractivity contribution in [3.8, 4) is 0 Å². The molecule has 1 heterocycles. The van der Waals surface area contributed by atoms with Crippen molar-refractivity contribution in [3.05, 3.63) is 71.5 Å². The summed E-state index contributed by atoms with van der Waals surface area (Å²) in [5, 5.41) is 13.7. The third-order valence-corrected chi connectivity index (χ3v) is 3.38. The molecule has 0 spiro atoms. The van der Waals surface area contributed by atoms with Gasteiger partial charge in [-0.25, -0.2) is 0 Å². The Hall–Kier alpha value is -2.10. The lowest BCUT2D eigenvalue weighted by atomic mass is 10.1. The highest BCUT2D eigenvalue weighted by molar-refractivity contribution is 5.80. The van der Waals surface area contributed by atoms with Gasteiger partial charge in [-0.05, 0) is 17.2 Å². The Morgan fingerprint density at radius 2 is 1.80 bits per heavy atom. The number of para-hydroxylation sites is 1. The molecule has 2 aromatic carbocycles. The average Bonchev–Trinajstić information content (AvgIpc) is 2.91. The van der Waals surface area contributed by atoms with E-state index in [9.17, 15) is 0 Å². The van der Waals surface area contributed by atoms with Crippen LogP contribution in [-0.4, -0.2) is 5.11 Å². The number of hydrogen-bond acceptors (Lipinski definition) is 3. The Bertz CT molecular complexity index is 703. The Kier molecular flexibility index (Phi) is 3.81. The minimum Gasteiger partial charge on any atom is -0.464 e. The molecular weight excluding hydrogens is 250 g/mol. The third-order valence-electron chi connectivity index (χ3n) is 3.38. The van der Waals surface area contributed by atoms with Crippen LogP contribution in [0.2, 0.25) is 0 Å². The summed E-state index contributed by atoms with van der Waals surface area (Å²) in [6.07, 6.45) is 1.81. The molecule has 0 aliphatic carbocycles. The Morgan fingerprint density at radius 3 is 2.70 bits per heavy atom. The SMILES string of the molecule is OCc1cccc(CNCc2coc3ccccc23)c1. The molecule has 20 heavy (non-hydrogen) atoms. The van der Waals surface area contributed by atoms with Crippen molar-refractivity contribution in [1.29, 1.82) is 0 Å². The number of aliphatic hydroxyl groups is 1. The molecule has 0 saturated heterocycles. The first kappa shape index (κ1) is 12.9. The zero-order valence-corrected chi connectivity index (χ0v) is 11.2. The van der Waals surface area contributed by atoms with E-state index in [-0.39, 0.29) is 6.61 Å². The highest BCUT2D eigenvalue weighted by atomic mass is 16.3. The topological polar surface area (TPSA) is 45.4 Å². The smallest absolute Gasteiger partial charge is 0.134 e. The van der Waals surface area contributed by atoms with Crippen LogP contribution < -0.4 is 5.32 Å². The van der Waals surface area contributed by atoms with Crippen LogP contribution in [0.25, 0.3) is 11.0 Å². The molecule has 3 heteroatoms. The monoisotopic (exact) mass is 267 g/mol. The maximum atomic E-state index is 9.12. The molecule has 3 rings (SSSR count). The van der Waals surface area contributed by atoms with Crippen molar-refractivity contribution in [3.63, 3.8) is 0 Å². The molecule has 0 atom stereocenters. The predicted octanol–water partition coefficient (Wildman–Crippen LogP) is 3.21. The second-order valence-electron chi connectivity index (χ2n) is 4.84. The fourth-order valence-electron chi connectivity index (χ4n) is 2.35. The molecule has 0 saturated carbocycles. The van der Waals surface area contributed by atoms with Gasteiger partial charge < -0.3 is 14.8 Å². The quantitative estimate of drug-likeness (QED) is 0.746. The molecule has 0 aliphatic heterocycles. The molecule has 0 radical (unpaired) electrons. The number of furan rings is 1. The van der Waals surface area contributed by atoms with Gasteiger partial charge in [0.15, 0.2) is 0 Å². The van der Waals surface area contributed by atoms with Crippen molar-refractivity contribution in [2.45, 2.75) is 19.7 Å². The van der Waals surface area contributed by atoms with Gasteiger partial charge in [-0.3, -0.25) is 0 Å². The van der Waals surface area contributed by atoms with Gasteiger partial charge in [-0.1, -0.05) is 42.5 Å². The summed E-state index contributed by atoms with van der Waals surface area (Å²) in [7, 11) is 0. The van der Waals surface area contributed by atoms with Gasteiger partial charge in [0.25, 0.3) is 0 Å². The lowest BCUT2D eigenvalue weighted by molar-refractivity contribution is 0.281. The van der Waals surface area contributed by atoms with Gasteiger partial charge in [0.05, 0.1) is 12.9 Å². The van der Waals surface area contributed by atoms with Crippen LogP contribution in [0.1, 0.15) is 16.7 Å². The van der Waals surface area contributed by atoms with E-state index in [0.29, 0.717) is 0 Å². The number of rotatable bonds is 5. The van der Waals surface area contributed by atoms with Crippen molar-refractivity contribution < 1.29 is 9.52 Å². The summed E-state index contributed by atoms with van der Waals surface area (Å²) < 4.78 is 5.52. The van der Waals surface area contributed by atoms with Crippen LogP contribution in [0.4, 0.5) is 0 Å². The first-order valence-corrected chi connectivity index (χ1v) is 6.71. The zero-order chi connectivity index (χ0) is 13.8. The Balaban J connectivity index is 1.65. The van der Waals surface area contributed by atoms with Crippen molar-refractivity contribution >= 4 is 11.0 Å².